The predicted molar refractivity (Wildman–Crippen MR) is 52.3 cm³/mol. The highest BCUT2D eigenvalue weighted by atomic mass is 32.1. The van der Waals surface area contributed by atoms with E-state index in [4.69, 9.17) is 0 Å². The molecule has 2 unspecified atom stereocenters. The Balaban J connectivity index is 2.34. The minimum absolute atomic E-state index is 0.600. The third kappa shape index (κ3) is 2.36. The molecule has 1 N–H and O–H groups in total. The second-order valence-corrected chi connectivity index (χ2v) is 3.75. The van der Waals surface area contributed by atoms with Crippen LogP contribution < -0.4 is 5.32 Å². The number of nitrogens with one attached hydrogen (secondary N) is 1. The molecule has 0 amide bonds. The number of rotatable bonds is 3. The maximum absolute atomic E-state index is 4.32. The maximum atomic E-state index is 4.32. The van der Waals surface area contributed by atoms with E-state index in [0.717, 1.165) is 11.7 Å². The first-order chi connectivity index (χ1) is 5.27. The second-order valence-electron chi connectivity index (χ2n) is 3.39. The van der Waals surface area contributed by atoms with Gasteiger partial charge in [-0.05, 0) is 33.0 Å². The Bertz CT molecular complexity index is 115. The van der Waals surface area contributed by atoms with E-state index < -0.39 is 0 Å². The molecule has 1 rings (SSSR count). The lowest BCUT2D eigenvalue weighted by molar-refractivity contribution is 0.361. The highest BCUT2D eigenvalue weighted by molar-refractivity contribution is 7.80. The summed E-state index contributed by atoms with van der Waals surface area (Å²) in [7, 11) is 4.21. The summed E-state index contributed by atoms with van der Waals surface area (Å²) in [6, 6.07) is 0.600. The maximum Gasteiger partial charge on any atom is 0.0193 e. The zero-order valence-electron chi connectivity index (χ0n) is 7.38. The highest BCUT2D eigenvalue weighted by Crippen LogP contribution is 2.18. The van der Waals surface area contributed by atoms with E-state index in [-0.39, 0.29) is 0 Å². The van der Waals surface area contributed by atoms with Gasteiger partial charge in [-0.15, -0.1) is 0 Å². The summed E-state index contributed by atoms with van der Waals surface area (Å²) >= 11 is 4.32. The van der Waals surface area contributed by atoms with Crippen LogP contribution in [-0.2, 0) is 0 Å². The standard InChI is InChI=1S/C8H18N2S/c1-9-8(6-11)7-3-4-10(2)5-7/h7-9,11H,3-6H2,1-2H3. The molecule has 0 radical (unpaired) electrons. The van der Waals surface area contributed by atoms with Gasteiger partial charge in [-0.2, -0.15) is 12.6 Å². The molecule has 1 aliphatic rings. The SMILES string of the molecule is CNC(CS)C1CCN(C)C1. The zero-order valence-corrected chi connectivity index (χ0v) is 8.27. The molecule has 0 aromatic rings. The molecule has 0 aliphatic carbocycles. The van der Waals surface area contributed by atoms with Gasteiger partial charge < -0.3 is 10.2 Å². The molecule has 1 fully saturated rings. The quantitative estimate of drug-likeness (QED) is 0.604. The summed E-state index contributed by atoms with van der Waals surface area (Å²) in [6.45, 7) is 2.47. The third-order valence-electron chi connectivity index (χ3n) is 2.56. The second kappa shape index (κ2) is 4.33. The summed E-state index contributed by atoms with van der Waals surface area (Å²) in [5.41, 5.74) is 0. The molecule has 0 saturated carbocycles. The molecule has 2 atom stereocenters. The van der Waals surface area contributed by atoms with Crippen LogP contribution in [0.1, 0.15) is 6.42 Å². The van der Waals surface area contributed by atoms with Crippen LogP contribution in [0, 0.1) is 5.92 Å². The fourth-order valence-electron chi connectivity index (χ4n) is 1.77. The van der Waals surface area contributed by atoms with E-state index in [1.54, 1.807) is 0 Å². The lowest BCUT2D eigenvalue weighted by atomic mass is 10.0. The number of hydrogen-bond donors (Lipinski definition) is 2. The lowest BCUT2D eigenvalue weighted by Gasteiger charge is -2.20. The van der Waals surface area contributed by atoms with Gasteiger partial charge in [0.05, 0.1) is 0 Å². The smallest absolute Gasteiger partial charge is 0.0193 e. The molecule has 1 aliphatic heterocycles. The Morgan fingerprint density at radius 2 is 2.45 bits per heavy atom. The van der Waals surface area contributed by atoms with Crippen molar-refractivity contribution in [2.75, 3.05) is 32.9 Å². The Hall–Kier alpha value is 0.270. The van der Waals surface area contributed by atoms with E-state index in [1.807, 2.05) is 7.05 Å². The first-order valence-electron chi connectivity index (χ1n) is 4.24. The van der Waals surface area contributed by atoms with Crippen LogP contribution in [0.4, 0.5) is 0 Å². The van der Waals surface area contributed by atoms with E-state index in [1.165, 1.54) is 19.5 Å². The van der Waals surface area contributed by atoms with Crippen LogP contribution in [0.5, 0.6) is 0 Å². The summed E-state index contributed by atoms with van der Waals surface area (Å²) in [4.78, 5) is 2.39. The number of likely N-dealkylation sites (tertiary alicyclic amines) is 1. The molecule has 1 heterocycles. The summed E-state index contributed by atoms with van der Waals surface area (Å²) in [6.07, 6.45) is 1.32. The molecular weight excluding hydrogens is 156 g/mol. The number of nitrogens with zero attached hydrogens (tertiary/aromatic N) is 1. The van der Waals surface area contributed by atoms with Crippen molar-refractivity contribution in [3.05, 3.63) is 0 Å². The lowest BCUT2D eigenvalue weighted by Crippen LogP contribution is -2.36. The van der Waals surface area contributed by atoms with Crippen molar-refractivity contribution in [1.29, 1.82) is 0 Å². The van der Waals surface area contributed by atoms with Crippen molar-refractivity contribution >= 4 is 12.6 Å². The average molecular weight is 174 g/mol. The van der Waals surface area contributed by atoms with Crippen molar-refractivity contribution in [3.8, 4) is 0 Å². The average Bonchev–Trinajstić information content (AvgIpc) is 2.39. The van der Waals surface area contributed by atoms with Gasteiger partial charge in [0.25, 0.3) is 0 Å². The molecule has 1 saturated heterocycles. The molecule has 3 heteroatoms. The summed E-state index contributed by atoms with van der Waals surface area (Å²) < 4.78 is 0. The molecule has 0 bridgehead atoms. The minimum Gasteiger partial charge on any atom is -0.316 e. The van der Waals surface area contributed by atoms with Gasteiger partial charge in [-0.25, -0.2) is 0 Å². The van der Waals surface area contributed by atoms with Crippen molar-refractivity contribution in [3.63, 3.8) is 0 Å². The Morgan fingerprint density at radius 1 is 1.73 bits per heavy atom. The van der Waals surface area contributed by atoms with E-state index in [9.17, 15) is 0 Å². The van der Waals surface area contributed by atoms with Crippen LogP contribution in [0.3, 0.4) is 0 Å². The fraction of sp³-hybridized carbons (Fsp3) is 1.00. The van der Waals surface area contributed by atoms with E-state index in [0.29, 0.717) is 6.04 Å². The third-order valence-corrected chi connectivity index (χ3v) is 2.96. The van der Waals surface area contributed by atoms with E-state index in [2.05, 4.69) is 29.9 Å². The van der Waals surface area contributed by atoms with Crippen LogP contribution >= 0.6 is 12.6 Å². The molecular formula is C8H18N2S. The largest absolute Gasteiger partial charge is 0.316 e. The van der Waals surface area contributed by atoms with Gasteiger partial charge in [-0.1, -0.05) is 0 Å². The fourth-order valence-corrected chi connectivity index (χ4v) is 2.25. The molecule has 11 heavy (non-hydrogen) atoms. The monoisotopic (exact) mass is 174 g/mol. The van der Waals surface area contributed by atoms with Gasteiger partial charge in [-0.3, -0.25) is 0 Å². The molecule has 0 spiro atoms. The van der Waals surface area contributed by atoms with Crippen LogP contribution in [0.15, 0.2) is 0 Å². The van der Waals surface area contributed by atoms with Gasteiger partial charge in [0.15, 0.2) is 0 Å². The Labute approximate surface area is 74.8 Å². The summed E-state index contributed by atoms with van der Waals surface area (Å²) in [5.74, 6) is 1.76. The van der Waals surface area contributed by atoms with Gasteiger partial charge in [0.2, 0.25) is 0 Å². The van der Waals surface area contributed by atoms with Crippen LogP contribution in [0.25, 0.3) is 0 Å². The molecule has 0 aromatic heterocycles. The van der Waals surface area contributed by atoms with E-state index >= 15 is 0 Å². The van der Waals surface area contributed by atoms with Crippen molar-refractivity contribution in [1.82, 2.24) is 10.2 Å². The Kier molecular flexibility index (Phi) is 3.69. The number of hydrogen-bond acceptors (Lipinski definition) is 3. The zero-order chi connectivity index (χ0) is 8.27. The normalized spacial score (nSPS) is 29.2. The van der Waals surface area contributed by atoms with Gasteiger partial charge in [0.1, 0.15) is 0 Å². The van der Waals surface area contributed by atoms with Gasteiger partial charge in [0, 0.05) is 18.3 Å². The molecule has 0 aromatic carbocycles. The minimum atomic E-state index is 0.600. The first-order valence-corrected chi connectivity index (χ1v) is 4.88. The topological polar surface area (TPSA) is 15.3 Å². The highest BCUT2D eigenvalue weighted by Gasteiger charge is 2.25. The molecule has 2 nitrogen and oxygen atoms in total. The van der Waals surface area contributed by atoms with Gasteiger partial charge >= 0.3 is 0 Å². The van der Waals surface area contributed by atoms with Crippen molar-refractivity contribution in [2.45, 2.75) is 12.5 Å². The Morgan fingerprint density at radius 3 is 2.82 bits per heavy atom. The summed E-state index contributed by atoms with van der Waals surface area (Å²) in [5, 5.41) is 3.31. The first kappa shape index (κ1) is 9.36. The van der Waals surface area contributed by atoms with Crippen LogP contribution in [-0.4, -0.2) is 43.9 Å². The van der Waals surface area contributed by atoms with Crippen LogP contribution in [0.2, 0.25) is 0 Å². The van der Waals surface area contributed by atoms with Crippen molar-refractivity contribution in [2.24, 2.45) is 5.92 Å². The number of thiol groups is 1. The van der Waals surface area contributed by atoms with Crippen molar-refractivity contribution < 1.29 is 0 Å². The predicted octanol–water partition coefficient (Wildman–Crippen LogP) is 0.456. The molecule has 66 valence electrons.